The minimum absolute atomic E-state index is 0.0611. The number of methoxy groups -OCH3 is 3. The summed E-state index contributed by atoms with van der Waals surface area (Å²) in [6.45, 7) is 3.32. The van der Waals surface area contributed by atoms with Crippen LogP contribution in [0.25, 0.3) is 0 Å². The normalized spacial score (nSPS) is 11.1. The van der Waals surface area contributed by atoms with E-state index in [9.17, 15) is 13.2 Å². The van der Waals surface area contributed by atoms with Crippen LogP contribution < -0.4 is 28.7 Å². The average Bonchev–Trinajstić information content (AvgIpc) is 2.94. The van der Waals surface area contributed by atoms with E-state index in [0.29, 0.717) is 23.7 Å². The molecule has 0 radical (unpaired) electrons. The van der Waals surface area contributed by atoms with Crippen LogP contribution in [0.5, 0.6) is 23.0 Å². The fraction of sp³-hybridized carbons (Fsp3) is 0.185. The predicted octanol–water partition coefficient (Wildman–Crippen LogP) is 4.28. The van der Waals surface area contributed by atoms with Crippen molar-refractivity contribution in [1.82, 2.24) is 5.43 Å². The molecule has 0 bridgehead atoms. The molecule has 1 amide bonds. The molecule has 0 atom stereocenters. The Bertz CT molecular complexity index is 1460. The number of hydrazone groups is 1. The molecule has 0 aliphatic carbocycles. The molecule has 0 aromatic heterocycles. The number of carbonyl (C=O) groups is 1. The number of hydrogen-bond acceptors (Lipinski definition) is 8. The van der Waals surface area contributed by atoms with Gasteiger partial charge in [-0.25, -0.2) is 13.8 Å². The van der Waals surface area contributed by atoms with Gasteiger partial charge in [-0.05, 0) is 48.0 Å². The van der Waals surface area contributed by atoms with Crippen LogP contribution in [0.3, 0.4) is 0 Å². The molecule has 3 aromatic carbocycles. The summed E-state index contributed by atoms with van der Waals surface area (Å²) < 4.78 is 49.9. The van der Waals surface area contributed by atoms with E-state index in [2.05, 4.69) is 17.1 Å². The lowest BCUT2D eigenvalue weighted by molar-refractivity contribution is -0.119. The maximum atomic E-state index is 13.8. The number of benzene rings is 3. The molecule has 206 valence electrons. The van der Waals surface area contributed by atoms with E-state index >= 15 is 0 Å². The van der Waals surface area contributed by atoms with Crippen LogP contribution >= 0.6 is 11.6 Å². The molecular weight excluding hydrogens is 546 g/mol. The van der Waals surface area contributed by atoms with Gasteiger partial charge in [-0.2, -0.15) is 5.10 Å². The van der Waals surface area contributed by atoms with Gasteiger partial charge in [-0.1, -0.05) is 36.4 Å². The highest BCUT2D eigenvalue weighted by Crippen LogP contribution is 2.36. The number of nitrogens with zero attached hydrogens (tertiary/aromatic N) is 2. The molecule has 10 nitrogen and oxygen atoms in total. The van der Waals surface area contributed by atoms with Gasteiger partial charge in [0.15, 0.2) is 11.5 Å². The molecule has 3 aromatic rings. The summed E-state index contributed by atoms with van der Waals surface area (Å²) in [7, 11) is -0.123. The molecule has 0 fully saturated rings. The van der Waals surface area contributed by atoms with Gasteiger partial charge in [0.25, 0.3) is 15.9 Å². The highest BCUT2D eigenvalue weighted by molar-refractivity contribution is 7.92. The van der Waals surface area contributed by atoms with Crippen molar-refractivity contribution in [2.75, 3.05) is 38.8 Å². The summed E-state index contributed by atoms with van der Waals surface area (Å²) in [6, 6.07) is 15.6. The molecule has 0 saturated heterocycles. The Labute approximate surface area is 232 Å². The number of ether oxygens (including phenoxy) is 4. The van der Waals surface area contributed by atoms with Gasteiger partial charge in [-0.3, -0.25) is 9.10 Å². The van der Waals surface area contributed by atoms with Gasteiger partial charge >= 0.3 is 0 Å². The third kappa shape index (κ3) is 7.43. The summed E-state index contributed by atoms with van der Waals surface area (Å²) in [5, 5.41) is 4.20. The molecule has 3 rings (SSSR count). The summed E-state index contributed by atoms with van der Waals surface area (Å²) >= 11 is 6.18. The zero-order chi connectivity index (χ0) is 28.4. The van der Waals surface area contributed by atoms with E-state index < -0.39 is 22.5 Å². The van der Waals surface area contributed by atoms with E-state index in [1.54, 1.807) is 36.4 Å². The van der Waals surface area contributed by atoms with Crippen LogP contribution in [0, 0.1) is 0 Å². The SMILES string of the molecule is C=CCOc1cccc(/C=N\NC(=O)CN(c2cc(Cl)ccc2OC)S(=O)(=O)c2ccc(OC)c(OC)c2)c1. The van der Waals surface area contributed by atoms with Gasteiger partial charge in [0.2, 0.25) is 0 Å². The van der Waals surface area contributed by atoms with Crippen molar-refractivity contribution >= 4 is 39.4 Å². The van der Waals surface area contributed by atoms with Crippen molar-refractivity contribution < 1.29 is 32.2 Å². The molecule has 12 heteroatoms. The second-order valence-corrected chi connectivity index (χ2v) is 10.1. The number of sulfonamides is 1. The van der Waals surface area contributed by atoms with Gasteiger partial charge < -0.3 is 18.9 Å². The molecule has 0 aliphatic rings. The summed E-state index contributed by atoms with van der Waals surface area (Å²) in [5.74, 6) is 0.622. The van der Waals surface area contributed by atoms with E-state index in [1.807, 2.05) is 0 Å². The maximum Gasteiger partial charge on any atom is 0.265 e. The standard InChI is InChI=1S/C27H28ClN3O7S/c1-5-13-38-21-8-6-7-19(14-21)17-29-30-27(32)18-31(23-15-20(28)9-11-24(23)35-2)39(33,34)22-10-12-25(36-3)26(16-22)37-4/h5-12,14-17H,1,13,18H2,2-4H3,(H,30,32)/b29-17-. The van der Waals surface area contributed by atoms with E-state index in [1.165, 1.54) is 57.9 Å². The zero-order valence-electron chi connectivity index (χ0n) is 21.6. The summed E-state index contributed by atoms with van der Waals surface area (Å²) in [6.07, 6.45) is 3.03. The minimum Gasteiger partial charge on any atom is -0.495 e. The summed E-state index contributed by atoms with van der Waals surface area (Å²) in [4.78, 5) is 12.8. The van der Waals surface area contributed by atoms with Crippen molar-refractivity contribution in [3.05, 3.63) is 83.9 Å². The van der Waals surface area contributed by atoms with Gasteiger partial charge in [0.05, 0.1) is 38.1 Å². The second kappa shape index (κ2) is 13.5. The Hall–Kier alpha value is -4.22. The molecule has 1 N–H and O–H groups in total. The highest BCUT2D eigenvalue weighted by Gasteiger charge is 2.30. The number of hydrogen-bond donors (Lipinski definition) is 1. The fourth-order valence-electron chi connectivity index (χ4n) is 3.45. The molecule has 0 aliphatic heterocycles. The lowest BCUT2D eigenvalue weighted by Crippen LogP contribution is -2.39. The van der Waals surface area contributed by atoms with Crippen LogP contribution in [0.15, 0.2) is 83.3 Å². The number of anilines is 1. The number of halogens is 1. The first-order valence-electron chi connectivity index (χ1n) is 11.5. The first kappa shape index (κ1) is 29.3. The third-order valence-corrected chi connectivity index (χ3v) is 7.26. The molecule has 0 saturated carbocycles. The van der Waals surface area contributed by atoms with Gasteiger partial charge in [0.1, 0.15) is 24.7 Å². The van der Waals surface area contributed by atoms with Crippen molar-refractivity contribution in [2.45, 2.75) is 4.90 Å². The van der Waals surface area contributed by atoms with Crippen LogP contribution in [-0.4, -0.2) is 55.0 Å². The Kier molecular flexibility index (Phi) is 10.2. The first-order chi connectivity index (χ1) is 18.7. The van der Waals surface area contributed by atoms with Gasteiger partial charge in [-0.15, -0.1) is 0 Å². The topological polar surface area (TPSA) is 116 Å². The lowest BCUT2D eigenvalue weighted by atomic mass is 10.2. The van der Waals surface area contributed by atoms with Gasteiger partial charge in [0, 0.05) is 11.1 Å². The van der Waals surface area contributed by atoms with Crippen molar-refractivity contribution in [1.29, 1.82) is 0 Å². The maximum absolute atomic E-state index is 13.8. The molecule has 0 unspecified atom stereocenters. The minimum atomic E-state index is -4.33. The third-order valence-electron chi connectivity index (χ3n) is 5.27. The average molecular weight is 574 g/mol. The number of carbonyl (C=O) groups excluding carboxylic acids is 1. The Balaban J connectivity index is 1.92. The molecular formula is C27H28ClN3O7S. The molecule has 0 spiro atoms. The van der Waals surface area contributed by atoms with Crippen LogP contribution in [0.1, 0.15) is 5.56 Å². The predicted molar refractivity (Wildman–Crippen MR) is 150 cm³/mol. The first-order valence-corrected chi connectivity index (χ1v) is 13.3. The van der Waals surface area contributed by atoms with E-state index in [4.69, 9.17) is 30.5 Å². The van der Waals surface area contributed by atoms with Crippen LogP contribution in [-0.2, 0) is 14.8 Å². The molecule has 0 heterocycles. The summed E-state index contributed by atoms with van der Waals surface area (Å²) in [5.41, 5.74) is 3.08. The fourth-order valence-corrected chi connectivity index (χ4v) is 5.05. The molecule has 39 heavy (non-hydrogen) atoms. The quantitative estimate of drug-likeness (QED) is 0.184. The van der Waals surface area contributed by atoms with Crippen LogP contribution in [0.2, 0.25) is 5.02 Å². The Morgan fingerprint density at radius 3 is 2.41 bits per heavy atom. The Morgan fingerprint density at radius 2 is 1.72 bits per heavy atom. The van der Waals surface area contributed by atoms with Crippen molar-refractivity contribution in [3.63, 3.8) is 0 Å². The number of amides is 1. The van der Waals surface area contributed by atoms with Crippen LogP contribution in [0.4, 0.5) is 5.69 Å². The van der Waals surface area contributed by atoms with Crippen molar-refractivity contribution in [2.24, 2.45) is 5.10 Å². The van der Waals surface area contributed by atoms with Crippen molar-refractivity contribution in [3.8, 4) is 23.0 Å². The lowest BCUT2D eigenvalue weighted by Gasteiger charge is -2.25. The largest absolute Gasteiger partial charge is 0.495 e. The monoisotopic (exact) mass is 573 g/mol. The highest BCUT2D eigenvalue weighted by atomic mass is 35.5. The smallest absolute Gasteiger partial charge is 0.265 e. The number of rotatable bonds is 13. The van der Waals surface area contributed by atoms with E-state index in [-0.39, 0.29) is 27.1 Å². The van der Waals surface area contributed by atoms with E-state index in [0.717, 1.165) is 4.31 Å². The number of nitrogens with one attached hydrogen (secondary N) is 1. The Morgan fingerprint density at radius 1 is 1.00 bits per heavy atom. The second-order valence-electron chi connectivity index (χ2n) is 7.81. The zero-order valence-corrected chi connectivity index (χ0v) is 23.2.